The molecule has 2 aromatic heterocycles. The van der Waals surface area contributed by atoms with E-state index in [1.807, 2.05) is 24.3 Å². The SMILES string of the molecule is CC(C)(C)OC(=O)Nc1ccc(Nc2nccc3ccc(Cl)cc23)cn1. The van der Waals surface area contributed by atoms with Crippen molar-refractivity contribution in [2.45, 2.75) is 26.4 Å². The fraction of sp³-hybridized carbons (Fsp3) is 0.211. The Kier molecular flexibility index (Phi) is 4.95. The van der Waals surface area contributed by atoms with Crippen LogP contribution in [0.25, 0.3) is 10.8 Å². The van der Waals surface area contributed by atoms with Crippen LogP contribution < -0.4 is 10.6 Å². The molecule has 2 N–H and O–H groups in total. The molecule has 1 aromatic carbocycles. The van der Waals surface area contributed by atoms with Crippen LogP contribution in [0.5, 0.6) is 0 Å². The number of halogens is 1. The Morgan fingerprint density at radius 3 is 2.62 bits per heavy atom. The Morgan fingerprint density at radius 1 is 1.12 bits per heavy atom. The van der Waals surface area contributed by atoms with Crippen molar-refractivity contribution in [2.24, 2.45) is 0 Å². The Morgan fingerprint density at radius 2 is 1.92 bits per heavy atom. The van der Waals surface area contributed by atoms with Gasteiger partial charge in [0, 0.05) is 16.6 Å². The lowest BCUT2D eigenvalue weighted by atomic mass is 10.1. The van der Waals surface area contributed by atoms with E-state index in [9.17, 15) is 4.79 Å². The predicted molar refractivity (Wildman–Crippen MR) is 104 cm³/mol. The van der Waals surface area contributed by atoms with Gasteiger partial charge in [-0.25, -0.2) is 14.8 Å². The number of aromatic nitrogens is 2. The van der Waals surface area contributed by atoms with Crippen molar-refractivity contribution in [3.63, 3.8) is 0 Å². The van der Waals surface area contributed by atoms with E-state index in [4.69, 9.17) is 16.3 Å². The highest BCUT2D eigenvalue weighted by Gasteiger charge is 2.16. The van der Waals surface area contributed by atoms with Crippen molar-refractivity contribution in [3.05, 3.63) is 53.8 Å². The van der Waals surface area contributed by atoms with Crippen molar-refractivity contribution in [1.29, 1.82) is 0 Å². The van der Waals surface area contributed by atoms with Crippen molar-refractivity contribution in [2.75, 3.05) is 10.6 Å². The van der Waals surface area contributed by atoms with Gasteiger partial charge in [-0.1, -0.05) is 17.7 Å². The zero-order chi connectivity index (χ0) is 18.7. The molecule has 7 heteroatoms. The maximum absolute atomic E-state index is 11.8. The summed E-state index contributed by atoms with van der Waals surface area (Å²) in [5.41, 5.74) is 0.173. The van der Waals surface area contributed by atoms with Gasteiger partial charge in [0.15, 0.2) is 0 Å². The summed E-state index contributed by atoms with van der Waals surface area (Å²) in [7, 11) is 0. The first-order valence-electron chi connectivity index (χ1n) is 8.07. The lowest BCUT2D eigenvalue weighted by Crippen LogP contribution is -2.27. The Bertz CT molecular complexity index is 936. The van der Waals surface area contributed by atoms with E-state index < -0.39 is 11.7 Å². The van der Waals surface area contributed by atoms with Crippen LogP contribution in [0.4, 0.5) is 22.1 Å². The van der Waals surface area contributed by atoms with Gasteiger partial charge in [-0.05, 0) is 56.5 Å². The normalized spacial score (nSPS) is 11.2. The molecule has 0 atom stereocenters. The second-order valence-corrected chi connectivity index (χ2v) is 7.15. The molecular weight excluding hydrogens is 352 g/mol. The molecule has 134 valence electrons. The van der Waals surface area contributed by atoms with Gasteiger partial charge in [0.25, 0.3) is 0 Å². The summed E-state index contributed by atoms with van der Waals surface area (Å²) in [5.74, 6) is 1.08. The summed E-state index contributed by atoms with van der Waals surface area (Å²) < 4.78 is 5.20. The Balaban J connectivity index is 1.74. The second kappa shape index (κ2) is 7.17. The third-order valence-corrected chi connectivity index (χ3v) is 3.62. The first-order chi connectivity index (χ1) is 12.3. The third-order valence-electron chi connectivity index (χ3n) is 3.38. The summed E-state index contributed by atoms with van der Waals surface area (Å²) in [4.78, 5) is 20.4. The number of carbonyl (C=O) groups is 1. The topological polar surface area (TPSA) is 76.1 Å². The molecule has 0 fully saturated rings. The van der Waals surface area contributed by atoms with Crippen LogP contribution in [-0.4, -0.2) is 21.7 Å². The van der Waals surface area contributed by atoms with Crippen molar-refractivity contribution < 1.29 is 9.53 Å². The van der Waals surface area contributed by atoms with Gasteiger partial charge in [0.05, 0.1) is 11.9 Å². The second-order valence-electron chi connectivity index (χ2n) is 6.71. The highest BCUT2D eigenvalue weighted by atomic mass is 35.5. The van der Waals surface area contributed by atoms with Crippen LogP contribution in [0, 0.1) is 0 Å². The molecule has 3 aromatic rings. The number of amides is 1. The van der Waals surface area contributed by atoms with E-state index >= 15 is 0 Å². The minimum Gasteiger partial charge on any atom is -0.444 e. The van der Waals surface area contributed by atoms with Crippen LogP contribution in [-0.2, 0) is 4.74 Å². The van der Waals surface area contributed by atoms with Gasteiger partial charge < -0.3 is 10.1 Å². The third kappa shape index (κ3) is 4.61. The number of fused-ring (bicyclic) bond motifs is 1. The number of hydrogen-bond acceptors (Lipinski definition) is 5. The number of nitrogens with one attached hydrogen (secondary N) is 2. The first kappa shape index (κ1) is 17.9. The van der Waals surface area contributed by atoms with E-state index in [1.54, 1.807) is 45.3 Å². The average molecular weight is 371 g/mol. The summed E-state index contributed by atoms with van der Waals surface area (Å²) in [6.07, 6.45) is 2.79. The molecule has 0 aliphatic carbocycles. The van der Waals surface area contributed by atoms with Gasteiger partial charge in [0.2, 0.25) is 0 Å². The van der Waals surface area contributed by atoms with E-state index in [0.29, 0.717) is 16.7 Å². The van der Waals surface area contributed by atoms with E-state index in [0.717, 1.165) is 16.5 Å². The molecule has 2 heterocycles. The van der Waals surface area contributed by atoms with E-state index in [1.165, 1.54) is 0 Å². The zero-order valence-electron chi connectivity index (χ0n) is 14.7. The molecule has 0 saturated carbocycles. The molecule has 0 radical (unpaired) electrons. The molecule has 0 bridgehead atoms. The minimum atomic E-state index is -0.563. The molecule has 0 saturated heterocycles. The van der Waals surface area contributed by atoms with Crippen LogP contribution >= 0.6 is 11.6 Å². The Hall–Kier alpha value is -2.86. The number of carbonyl (C=O) groups excluding carboxylic acids is 1. The van der Waals surface area contributed by atoms with Gasteiger partial charge in [0.1, 0.15) is 17.2 Å². The number of nitrogens with zero attached hydrogens (tertiary/aromatic N) is 2. The summed E-state index contributed by atoms with van der Waals surface area (Å²) in [5, 5.41) is 8.40. The van der Waals surface area contributed by atoms with Gasteiger partial charge in [-0.15, -0.1) is 0 Å². The molecule has 1 amide bonds. The van der Waals surface area contributed by atoms with Crippen LogP contribution in [0.2, 0.25) is 5.02 Å². The molecule has 0 aliphatic heterocycles. The highest BCUT2D eigenvalue weighted by molar-refractivity contribution is 6.31. The smallest absolute Gasteiger partial charge is 0.413 e. The van der Waals surface area contributed by atoms with Crippen molar-refractivity contribution in [3.8, 4) is 0 Å². The molecule has 6 nitrogen and oxygen atoms in total. The van der Waals surface area contributed by atoms with Crippen LogP contribution in [0.1, 0.15) is 20.8 Å². The quantitative estimate of drug-likeness (QED) is 0.647. The summed E-state index contributed by atoms with van der Waals surface area (Å²) in [6.45, 7) is 5.41. The van der Waals surface area contributed by atoms with Gasteiger partial charge in [-0.3, -0.25) is 5.32 Å². The van der Waals surface area contributed by atoms with Gasteiger partial charge >= 0.3 is 6.09 Å². The number of pyridine rings is 2. The number of ether oxygens (including phenoxy) is 1. The number of rotatable bonds is 3. The highest BCUT2D eigenvalue weighted by Crippen LogP contribution is 2.27. The van der Waals surface area contributed by atoms with Gasteiger partial charge in [-0.2, -0.15) is 0 Å². The Labute approximate surface area is 156 Å². The fourth-order valence-electron chi connectivity index (χ4n) is 2.33. The largest absolute Gasteiger partial charge is 0.444 e. The number of anilines is 3. The maximum Gasteiger partial charge on any atom is 0.413 e. The summed E-state index contributed by atoms with van der Waals surface area (Å²) in [6, 6.07) is 11.0. The minimum absolute atomic E-state index is 0.402. The van der Waals surface area contributed by atoms with E-state index in [2.05, 4.69) is 20.6 Å². The average Bonchev–Trinajstić information content (AvgIpc) is 2.55. The monoisotopic (exact) mass is 370 g/mol. The standard InChI is InChI=1S/C19H19ClN4O2/c1-19(2,3)26-18(25)24-16-7-6-14(11-22-16)23-17-15-10-13(20)5-4-12(15)8-9-21-17/h4-11H,1-3H3,(H,21,23)(H,22,24,25). The van der Waals surface area contributed by atoms with Crippen molar-refractivity contribution >= 4 is 45.8 Å². The van der Waals surface area contributed by atoms with E-state index in [-0.39, 0.29) is 0 Å². The van der Waals surface area contributed by atoms with Crippen molar-refractivity contribution in [1.82, 2.24) is 9.97 Å². The summed E-state index contributed by atoms with van der Waals surface area (Å²) >= 11 is 6.09. The molecule has 0 spiro atoms. The molecular formula is C19H19ClN4O2. The molecule has 0 unspecified atom stereocenters. The maximum atomic E-state index is 11.8. The molecule has 3 rings (SSSR count). The number of benzene rings is 1. The lowest BCUT2D eigenvalue weighted by molar-refractivity contribution is 0.0635. The predicted octanol–water partition coefficient (Wildman–Crippen LogP) is 5.37. The fourth-order valence-corrected chi connectivity index (χ4v) is 2.50. The zero-order valence-corrected chi connectivity index (χ0v) is 15.5. The number of hydrogen-bond donors (Lipinski definition) is 2. The lowest BCUT2D eigenvalue weighted by Gasteiger charge is -2.19. The van der Waals surface area contributed by atoms with Crippen LogP contribution in [0.3, 0.4) is 0 Å². The molecule has 26 heavy (non-hydrogen) atoms. The first-order valence-corrected chi connectivity index (χ1v) is 8.45. The molecule has 0 aliphatic rings. The van der Waals surface area contributed by atoms with Crippen LogP contribution in [0.15, 0.2) is 48.8 Å².